The lowest BCUT2D eigenvalue weighted by Gasteiger charge is -2.26. The lowest BCUT2D eigenvalue weighted by atomic mass is 10.2. The Balaban J connectivity index is 1.68. The number of hydrogen-bond donors (Lipinski definition) is 0. The molecule has 2 aromatic carbocycles. The van der Waals surface area contributed by atoms with Gasteiger partial charge < -0.3 is 14.4 Å². The maximum atomic E-state index is 13.4. The fourth-order valence-corrected chi connectivity index (χ4v) is 5.11. The summed E-state index contributed by atoms with van der Waals surface area (Å²) in [5.41, 5.74) is 0.874. The minimum atomic E-state index is -0.269. The van der Waals surface area contributed by atoms with Gasteiger partial charge in [0.25, 0.3) is 11.5 Å². The summed E-state index contributed by atoms with van der Waals surface area (Å²) in [6.07, 6.45) is 3.93. The van der Waals surface area contributed by atoms with Crippen LogP contribution in [-0.4, -0.2) is 59.6 Å². The van der Waals surface area contributed by atoms with Crippen LogP contribution in [0.3, 0.4) is 0 Å². The maximum absolute atomic E-state index is 13.4. The number of carbonyl (C=O) groups is 1. The molecule has 0 N–H and O–H groups in total. The van der Waals surface area contributed by atoms with E-state index in [0.29, 0.717) is 70.3 Å². The first-order valence-electron chi connectivity index (χ1n) is 11.6. The molecule has 0 saturated carbocycles. The molecule has 0 bridgehead atoms. The van der Waals surface area contributed by atoms with Gasteiger partial charge >= 0.3 is 0 Å². The van der Waals surface area contributed by atoms with Gasteiger partial charge in [-0.25, -0.2) is 4.98 Å². The van der Waals surface area contributed by atoms with Gasteiger partial charge in [0.1, 0.15) is 11.6 Å². The third-order valence-corrected chi connectivity index (χ3v) is 6.98. The second kappa shape index (κ2) is 12.3. The van der Waals surface area contributed by atoms with Crippen molar-refractivity contribution in [1.29, 1.82) is 0 Å². The Labute approximate surface area is 230 Å². The van der Waals surface area contributed by atoms with Crippen molar-refractivity contribution in [3.8, 4) is 5.75 Å². The number of fused-ring (bicyclic) bond motifs is 1. The predicted molar refractivity (Wildman–Crippen MR) is 147 cm³/mol. The van der Waals surface area contributed by atoms with Gasteiger partial charge in [-0.15, -0.1) is 0 Å². The molecule has 0 unspecified atom stereocenters. The highest BCUT2D eigenvalue weighted by Crippen LogP contribution is 2.32. The van der Waals surface area contributed by atoms with Crippen LogP contribution in [0.25, 0.3) is 10.9 Å². The average molecular weight is 641 g/mol. The molecule has 190 valence electrons. The number of amides is 1. The summed E-state index contributed by atoms with van der Waals surface area (Å²) in [6, 6.07) is 8.77. The van der Waals surface area contributed by atoms with Gasteiger partial charge in [0.2, 0.25) is 0 Å². The normalized spacial score (nSPS) is 14.1. The lowest BCUT2D eigenvalue weighted by molar-refractivity contribution is -0.137. The second-order valence-corrected chi connectivity index (χ2v) is 10.4. The van der Waals surface area contributed by atoms with Crippen molar-refractivity contribution in [2.75, 3.05) is 32.9 Å². The maximum Gasteiger partial charge on any atom is 0.282 e. The standard InChI is InChI=1S/C25H25Br2ClN4O4/c1-2-3-4-22-30-21-6-5-17(26)12-19(21)25(34)32(22)29-14-16-11-18(28)13-20(27)24(16)36-15-23(33)31-7-9-35-10-8-31/h5-6,11-14H,2-4,7-10,15H2,1H3. The highest BCUT2D eigenvalue weighted by atomic mass is 79.9. The Bertz CT molecular complexity index is 1360. The SMILES string of the molecule is CCCCc1nc2ccc(Br)cc2c(=O)n1N=Cc1cc(Cl)cc(Br)c1OCC(=O)N1CCOCC1. The molecule has 1 fully saturated rings. The number of aromatic nitrogens is 2. The molecule has 0 spiro atoms. The summed E-state index contributed by atoms with van der Waals surface area (Å²) in [5.74, 6) is 0.841. The number of hydrogen-bond acceptors (Lipinski definition) is 6. The number of benzene rings is 2. The highest BCUT2D eigenvalue weighted by molar-refractivity contribution is 9.10. The number of rotatable bonds is 8. The van der Waals surface area contributed by atoms with Crippen molar-refractivity contribution in [3.63, 3.8) is 0 Å². The van der Waals surface area contributed by atoms with Crippen LogP contribution in [0, 0.1) is 0 Å². The summed E-state index contributed by atoms with van der Waals surface area (Å²) in [4.78, 5) is 32.4. The van der Waals surface area contributed by atoms with E-state index in [9.17, 15) is 9.59 Å². The molecule has 1 aromatic heterocycles. The molecule has 11 heteroatoms. The number of carbonyl (C=O) groups excluding carboxylic acids is 1. The molecule has 36 heavy (non-hydrogen) atoms. The van der Waals surface area contributed by atoms with Gasteiger partial charge in [-0.2, -0.15) is 9.78 Å². The molecule has 8 nitrogen and oxygen atoms in total. The van der Waals surface area contributed by atoms with E-state index in [4.69, 9.17) is 26.1 Å². The van der Waals surface area contributed by atoms with E-state index in [1.54, 1.807) is 23.1 Å². The zero-order chi connectivity index (χ0) is 25.7. The van der Waals surface area contributed by atoms with Crippen molar-refractivity contribution < 1.29 is 14.3 Å². The third kappa shape index (κ3) is 6.34. The molecule has 2 heterocycles. The lowest BCUT2D eigenvalue weighted by Crippen LogP contribution is -2.43. The topological polar surface area (TPSA) is 86.0 Å². The van der Waals surface area contributed by atoms with Gasteiger partial charge in [-0.1, -0.05) is 40.9 Å². The van der Waals surface area contributed by atoms with Gasteiger partial charge in [0, 0.05) is 34.6 Å². The van der Waals surface area contributed by atoms with E-state index >= 15 is 0 Å². The van der Waals surface area contributed by atoms with Crippen molar-refractivity contribution in [2.24, 2.45) is 5.10 Å². The van der Waals surface area contributed by atoms with E-state index in [1.165, 1.54) is 10.9 Å². The Kier molecular flexibility index (Phi) is 9.16. The van der Waals surface area contributed by atoms with E-state index < -0.39 is 0 Å². The number of unbranched alkanes of at least 4 members (excludes halogenated alkanes) is 1. The average Bonchev–Trinajstić information content (AvgIpc) is 2.87. The van der Waals surface area contributed by atoms with Crippen LogP contribution in [0.2, 0.25) is 5.02 Å². The van der Waals surface area contributed by atoms with Crippen LogP contribution in [0.5, 0.6) is 5.75 Å². The first-order chi connectivity index (χ1) is 17.4. The molecule has 1 saturated heterocycles. The summed E-state index contributed by atoms with van der Waals surface area (Å²) in [6.45, 7) is 4.03. The molecule has 1 amide bonds. The Morgan fingerprint density at radius 2 is 2.03 bits per heavy atom. The van der Waals surface area contributed by atoms with Gasteiger partial charge in [0.15, 0.2) is 6.61 Å². The minimum absolute atomic E-state index is 0.134. The molecule has 0 radical (unpaired) electrons. The number of morpholine rings is 1. The van der Waals surface area contributed by atoms with Crippen LogP contribution < -0.4 is 10.3 Å². The van der Waals surface area contributed by atoms with E-state index in [-0.39, 0.29) is 18.1 Å². The summed E-state index contributed by atoms with van der Waals surface area (Å²) in [5, 5.41) is 5.41. The van der Waals surface area contributed by atoms with Gasteiger partial charge in [0.05, 0.1) is 34.8 Å². The number of aryl methyl sites for hydroxylation is 1. The predicted octanol–water partition coefficient (Wildman–Crippen LogP) is 5.04. The quantitative estimate of drug-likeness (QED) is 0.323. The van der Waals surface area contributed by atoms with Crippen molar-refractivity contribution in [3.05, 3.63) is 66.0 Å². The van der Waals surface area contributed by atoms with Crippen molar-refractivity contribution in [1.82, 2.24) is 14.6 Å². The molecule has 0 atom stereocenters. The van der Waals surface area contributed by atoms with Crippen LogP contribution in [-0.2, 0) is 16.0 Å². The molecule has 1 aliphatic rings. The first-order valence-corrected chi connectivity index (χ1v) is 13.6. The largest absolute Gasteiger partial charge is 0.482 e. The van der Waals surface area contributed by atoms with Crippen molar-refractivity contribution >= 4 is 66.5 Å². The third-order valence-electron chi connectivity index (χ3n) is 5.68. The Hall–Kier alpha value is -2.27. The molecule has 3 aromatic rings. The van der Waals surface area contributed by atoms with E-state index in [1.807, 2.05) is 12.1 Å². The van der Waals surface area contributed by atoms with Gasteiger partial charge in [-0.05, 0) is 52.7 Å². The van der Waals surface area contributed by atoms with Crippen LogP contribution in [0.1, 0.15) is 31.2 Å². The molecular weight excluding hydrogens is 616 g/mol. The fraction of sp³-hybridized carbons (Fsp3) is 0.360. The number of ether oxygens (including phenoxy) is 2. The first kappa shape index (κ1) is 26.8. The smallest absolute Gasteiger partial charge is 0.282 e. The zero-order valence-corrected chi connectivity index (χ0v) is 23.6. The summed E-state index contributed by atoms with van der Waals surface area (Å²) < 4.78 is 13.9. The molecule has 0 aliphatic carbocycles. The highest BCUT2D eigenvalue weighted by Gasteiger charge is 2.19. The monoisotopic (exact) mass is 638 g/mol. The Morgan fingerprint density at radius 1 is 1.25 bits per heavy atom. The van der Waals surface area contributed by atoms with E-state index in [0.717, 1.165) is 17.3 Å². The van der Waals surface area contributed by atoms with E-state index in [2.05, 4.69) is 43.9 Å². The summed E-state index contributed by atoms with van der Waals surface area (Å²) in [7, 11) is 0. The molecule has 1 aliphatic heterocycles. The van der Waals surface area contributed by atoms with Crippen LogP contribution in [0.15, 0.2) is 49.2 Å². The Morgan fingerprint density at radius 3 is 2.78 bits per heavy atom. The number of nitrogens with zero attached hydrogens (tertiary/aromatic N) is 4. The molecular formula is C25H25Br2ClN4O4. The minimum Gasteiger partial charge on any atom is -0.482 e. The van der Waals surface area contributed by atoms with Crippen LogP contribution >= 0.6 is 43.5 Å². The van der Waals surface area contributed by atoms with Crippen LogP contribution in [0.4, 0.5) is 0 Å². The second-order valence-electron chi connectivity index (χ2n) is 8.24. The number of halogens is 3. The van der Waals surface area contributed by atoms with Crippen molar-refractivity contribution in [2.45, 2.75) is 26.2 Å². The molecule has 4 rings (SSSR count). The van der Waals surface area contributed by atoms with Gasteiger partial charge in [-0.3, -0.25) is 9.59 Å². The fourth-order valence-electron chi connectivity index (χ4n) is 3.80. The summed E-state index contributed by atoms with van der Waals surface area (Å²) >= 11 is 13.2. The zero-order valence-electron chi connectivity index (χ0n) is 19.7.